The molecule has 0 aliphatic carbocycles. The molecule has 6 heteroatoms. The number of carbonyl (C=O) groups excluding carboxylic acids is 1. The molecule has 0 fully saturated rings. The van der Waals surface area contributed by atoms with Gasteiger partial charge in [-0.2, -0.15) is 0 Å². The minimum atomic E-state index is -0.321. The van der Waals surface area contributed by atoms with E-state index >= 15 is 0 Å². The molecule has 0 saturated heterocycles. The molecule has 2 N–H and O–H groups in total. The van der Waals surface area contributed by atoms with E-state index in [1.54, 1.807) is 37.6 Å². The standard InChI is InChI=1S/C20H18FN3O2/c1-26-18-9-6-16(7-10-18)23-19-11-8-17(13-22-19)24-20(25)12-14-2-4-15(21)5-3-14/h2-11,13H,12H2,1H3,(H,22,23)(H,24,25). The first kappa shape index (κ1) is 17.4. The number of benzene rings is 2. The topological polar surface area (TPSA) is 63.2 Å². The van der Waals surface area contributed by atoms with Gasteiger partial charge in [-0.05, 0) is 54.1 Å². The number of anilines is 3. The van der Waals surface area contributed by atoms with E-state index in [9.17, 15) is 9.18 Å². The molecule has 0 radical (unpaired) electrons. The van der Waals surface area contributed by atoms with Gasteiger partial charge in [-0.15, -0.1) is 0 Å². The van der Waals surface area contributed by atoms with Crippen molar-refractivity contribution in [3.63, 3.8) is 0 Å². The molecule has 2 aromatic carbocycles. The molecule has 0 aliphatic heterocycles. The smallest absolute Gasteiger partial charge is 0.228 e. The third kappa shape index (κ3) is 4.80. The highest BCUT2D eigenvalue weighted by Crippen LogP contribution is 2.19. The van der Waals surface area contributed by atoms with Gasteiger partial charge in [0.05, 0.1) is 25.4 Å². The zero-order chi connectivity index (χ0) is 18.4. The van der Waals surface area contributed by atoms with Crippen LogP contribution in [0.25, 0.3) is 0 Å². The second-order valence-corrected chi connectivity index (χ2v) is 5.64. The number of hydrogen-bond donors (Lipinski definition) is 2. The van der Waals surface area contributed by atoms with Crippen LogP contribution in [0.3, 0.4) is 0 Å². The highest BCUT2D eigenvalue weighted by Gasteiger charge is 2.05. The number of nitrogens with zero attached hydrogens (tertiary/aromatic N) is 1. The van der Waals surface area contributed by atoms with E-state index in [2.05, 4.69) is 15.6 Å². The highest BCUT2D eigenvalue weighted by atomic mass is 19.1. The lowest BCUT2D eigenvalue weighted by atomic mass is 10.1. The van der Waals surface area contributed by atoms with Crippen molar-refractivity contribution in [2.45, 2.75) is 6.42 Å². The van der Waals surface area contributed by atoms with Crippen LogP contribution in [-0.4, -0.2) is 18.0 Å². The van der Waals surface area contributed by atoms with Crippen molar-refractivity contribution >= 4 is 23.1 Å². The van der Waals surface area contributed by atoms with Crippen LogP contribution in [0, 0.1) is 5.82 Å². The first-order valence-electron chi connectivity index (χ1n) is 8.04. The summed E-state index contributed by atoms with van der Waals surface area (Å²) < 4.78 is 18.0. The van der Waals surface area contributed by atoms with Gasteiger partial charge in [0.15, 0.2) is 0 Å². The lowest BCUT2D eigenvalue weighted by Crippen LogP contribution is -2.14. The molecular formula is C20H18FN3O2. The van der Waals surface area contributed by atoms with Gasteiger partial charge in [-0.3, -0.25) is 4.79 Å². The fraction of sp³-hybridized carbons (Fsp3) is 0.100. The summed E-state index contributed by atoms with van der Waals surface area (Å²) in [7, 11) is 1.62. The van der Waals surface area contributed by atoms with Crippen LogP contribution < -0.4 is 15.4 Å². The molecule has 0 atom stereocenters. The molecular weight excluding hydrogens is 333 g/mol. The van der Waals surface area contributed by atoms with Crippen LogP contribution in [0.4, 0.5) is 21.6 Å². The fourth-order valence-corrected chi connectivity index (χ4v) is 2.36. The Bertz CT molecular complexity index is 863. The van der Waals surface area contributed by atoms with Crippen molar-refractivity contribution in [1.82, 2.24) is 4.98 Å². The van der Waals surface area contributed by atoms with Gasteiger partial charge in [0.2, 0.25) is 5.91 Å². The molecule has 0 unspecified atom stereocenters. The Kier molecular flexibility index (Phi) is 5.43. The first-order valence-corrected chi connectivity index (χ1v) is 8.04. The van der Waals surface area contributed by atoms with E-state index in [1.165, 1.54) is 12.1 Å². The Balaban J connectivity index is 1.56. The number of halogens is 1. The zero-order valence-electron chi connectivity index (χ0n) is 14.2. The van der Waals surface area contributed by atoms with Crippen LogP contribution >= 0.6 is 0 Å². The average molecular weight is 351 g/mol. The number of hydrogen-bond acceptors (Lipinski definition) is 4. The maximum absolute atomic E-state index is 12.9. The number of carbonyl (C=O) groups is 1. The predicted molar refractivity (Wildman–Crippen MR) is 99.2 cm³/mol. The molecule has 0 saturated carbocycles. The number of aromatic nitrogens is 1. The van der Waals surface area contributed by atoms with Crippen molar-refractivity contribution < 1.29 is 13.9 Å². The number of rotatable bonds is 6. The first-order chi connectivity index (χ1) is 12.6. The monoisotopic (exact) mass is 351 g/mol. The SMILES string of the molecule is COc1ccc(Nc2ccc(NC(=O)Cc3ccc(F)cc3)cn2)cc1. The number of ether oxygens (including phenoxy) is 1. The van der Waals surface area contributed by atoms with E-state index in [-0.39, 0.29) is 18.1 Å². The summed E-state index contributed by atoms with van der Waals surface area (Å²) >= 11 is 0. The summed E-state index contributed by atoms with van der Waals surface area (Å²) in [5.74, 6) is 0.932. The largest absolute Gasteiger partial charge is 0.497 e. The molecule has 0 aliphatic rings. The molecule has 1 aromatic heterocycles. The van der Waals surface area contributed by atoms with Gasteiger partial charge in [0, 0.05) is 5.69 Å². The van der Waals surface area contributed by atoms with Crippen LogP contribution in [0.1, 0.15) is 5.56 Å². The fourth-order valence-electron chi connectivity index (χ4n) is 2.36. The van der Waals surface area contributed by atoms with Crippen molar-refractivity contribution in [3.05, 3.63) is 78.2 Å². The van der Waals surface area contributed by atoms with E-state index in [4.69, 9.17) is 4.74 Å². The molecule has 1 heterocycles. The Morgan fingerprint density at radius 1 is 1.00 bits per heavy atom. The Hall–Kier alpha value is -3.41. The Morgan fingerprint density at radius 3 is 2.31 bits per heavy atom. The number of nitrogens with one attached hydrogen (secondary N) is 2. The Labute approximate surface area is 150 Å². The summed E-state index contributed by atoms with van der Waals surface area (Å²) in [5, 5.41) is 5.94. The molecule has 3 rings (SSSR count). The second-order valence-electron chi connectivity index (χ2n) is 5.64. The maximum atomic E-state index is 12.9. The minimum Gasteiger partial charge on any atom is -0.497 e. The minimum absolute atomic E-state index is 0.173. The normalized spacial score (nSPS) is 10.2. The van der Waals surface area contributed by atoms with Gasteiger partial charge in [0.1, 0.15) is 17.4 Å². The van der Waals surface area contributed by atoms with Gasteiger partial charge in [-0.25, -0.2) is 9.37 Å². The molecule has 3 aromatic rings. The predicted octanol–water partition coefficient (Wildman–Crippen LogP) is 4.15. The third-order valence-electron chi connectivity index (χ3n) is 3.69. The molecule has 0 spiro atoms. The lowest BCUT2D eigenvalue weighted by molar-refractivity contribution is -0.115. The van der Waals surface area contributed by atoms with E-state index < -0.39 is 0 Å². The van der Waals surface area contributed by atoms with Crippen LogP contribution in [0.2, 0.25) is 0 Å². The van der Waals surface area contributed by atoms with Crippen LogP contribution in [-0.2, 0) is 11.2 Å². The van der Waals surface area contributed by atoms with E-state index in [1.807, 2.05) is 24.3 Å². The Morgan fingerprint density at radius 2 is 1.69 bits per heavy atom. The molecule has 1 amide bonds. The van der Waals surface area contributed by atoms with Crippen LogP contribution in [0.15, 0.2) is 66.9 Å². The number of pyridine rings is 1. The van der Waals surface area contributed by atoms with Crippen molar-refractivity contribution in [2.24, 2.45) is 0 Å². The van der Waals surface area contributed by atoms with Gasteiger partial charge in [0.25, 0.3) is 0 Å². The summed E-state index contributed by atoms with van der Waals surface area (Å²) in [6, 6.07) is 16.9. The van der Waals surface area contributed by atoms with Crippen molar-refractivity contribution in [1.29, 1.82) is 0 Å². The molecule has 132 valence electrons. The molecule has 26 heavy (non-hydrogen) atoms. The quantitative estimate of drug-likeness (QED) is 0.700. The summed E-state index contributed by atoms with van der Waals surface area (Å²) in [4.78, 5) is 16.3. The zero-order valence-corrected chi connectivity index (χ0v) is 14.2. The highest BCUT2D eigenvalue weighted by molar-refractivity contribution is 5.92. The average Bonchev–Trinajstić information content (AvgIpc) is 2.66. The summed E-state index contributed by atoms with van der Waals surface area (Å²) in [5.41, 5.74) is 2.22. The summed E-state index contributed by atoms with van der Waals surface area (Å²) in [6.45, 7) is 0. The van der Waals surface area contributed by atoms with Crippen LogP contribution in [0.5, 0.6) is 5.75 Å². The molecule has 0 bridgehead atoms. The van der Waals surface area contributed by atoms with Gasteiger partial charge >= 0.3 is 0 Å². The number of methoxy groups -OCH3 is 1. The number of amides is 1. The molecule has 5 nitrogen and oxygen atoms in total. The van der Waals surface area contributed by atoms with E-state index in [0.717, 1.165) is 17.0 Å². The lowest BCUT2D eigenvalue weighted by Gasteiger charge is -2.08. The van der Waals surface area contributed by atoms with Crippen molar-refractivity contribution in [3.8, 4) is 5.75 Å². The van der Waals surface area contributed by atoms with Gasteiger partial charge in [-0.1, -0.05) is 12.1 Å². The summed E-state index contributed by atoms with van der Waals surface area (Å²) in [6.07, 6.45) is 1.75. The maximum Gasteiger partial charge on any atom is 0.228 e. The second kappa shape index (κ2) is 8.11. The van der Waals surface area contributed by atoms with Crippen molar-refractivity contribution in [2.75, 3.05) is 17.7 Å². The van der Waals surface area contributed by atoms with Gasteiger partial charge < -0.3 is 15.4 Å². The third-order valence-corrected chi connectivity index (χ3v) is 3.69. The van der Waals surface area contributed by atoms with E-state index in [0.29, 0.717) is 11.5 Å².